The van der Waals surface area contributed by atoms with Gasteiger partial charge in [0.1, 0.15) is 6.61 Å². The van der Waals surface area contributed by atoms with E-state index in [1.807, 2.05) is 7.05 Å². The Hall–Kier alpha value is 0.245. The largest absolute Gasteiger partial charge is 0.360 e. The molecule has 0 aromatic heterocycles. The van der Waals surface area contributed by atoms with E-state index >= 15 is 0 Å². The van der Waals surface area contributed by atoms with Gasteiger partial charge in [-0.25, -0.2) is 0 Å². The summed E-state index contributed by atoms with van der Waals surface area (Å²) in [7, 11) is 7.67. The van der Waals surface area contributed by atoms with Crippen molar-refractivity contribution in [3.63, 3.8) is 0 Å². The summed E-state index contributed by atoms with van der Waals surface area (Å²) in [6.07, 6.45) is 4.25. The van der Waals surface area contributed by atoms with Gasteiger partial charge in [0.2, 0.25) is 0 Å². The SMILES string of the molecule is BC(CCCNC)(OCC#CC(C)C)SSC. The summed E-state index contributed by atoms with van der Waals surface area (Å²) in [6, 6.07) is 0. The van der Waals surface area contributed by atoms with E-state index in [0.29, 0.717) is 12.5 Å². The van der Waals surface area contributed by atoms with Crippen molar-refractivity contribution in [1.82, 2.24) is 5.32 Å². The lowest BCUT2D eigenvalue weighted by Gasteiger charge is -2.27. The monoisotopic (exact) mass is 273 g/mol. The van der Waals surface area contributed by atoms with E-state index in [-0.39, 0.29) is 4.83 Å². The van der Waals surface area contributed by atoms with Gasteiger partial charge in [-0.15, -0.1) is 0 Å². The Labute approximate surface area is 115 Å². The summed E-state index contributed by atoms with van der Waals surface area (Å²) in [5, 5.41) is 3.16. The van der Waals surface area contributed by atoms with Gasteiger partial charge in [-0.1, -0.05) is 47.3 Å². The first-order valence-electron chi connectivity index (χ1n) is 6.03. The predicted molar refractivity (Wildman–Crippen MR) is 84.1 cm³/mol. The van der Waals surface area contributed by atoms with E-state index in [9.17, 15) is 0 Å². The van der Waals surface area contributed by atoms with Crippen molar-refractivity contribution in [2.45, 2.75) is 31.5 Å². The molecule has 0 spiro atoms. The fourth-order valence-electron chi connectivity index (χ4n) is 1.33. The summed E-state index contributed by atoms with van der Waals surface area (Å²) >= 11 is 0. The molecule has 0 aliphatic heterocycles. The zero-order chi connectivity index (χ0) is 13.1. The Morgan fingerprint density at radius 3 is 2.71 bits per heavy atom. The quantitative estimate of drug-likeness (QED) is 0.240. The van der Waals surface area contributed by atoms with Crippen LogP contribution in [0.2, 0.25) is 0 Å². The summed E-state index contributed by atoms with van der Waals surface area (Å²) in [6.45, 7) is 5.75. The van der Waals surface area contributed by atoms with Gasteiger partial charge in [0.15, 0.2) is 7.85 Å². The molecule has 1 atom stereocenters. The van der Waals surface area contributed by atoms with Crippen LogP contribution in [-0.4, -0.2) is 39.1 Å². The van der Waals surface area contributed by atoms with Crippen molar-refractivity contribution < 1.29 is 4.74 Å². The van der Waals surface area contributed by atoms with Gasteiger partial charge in [0.05, 0.1) is 4.83 Å². The molecule has 0 saturated heterocycles. The molecule has 0 saturated carbocycles. The molecule has 5 heteroatoms. The van der Waals surface area contributed by atoms with Crippen molar-refractivity contribution in [2.24, 2.45) is 5.92 Å². The Balaban J connectivity index is 4.07. The molecule has 98 valence electrons. The van der Waals surface area contributed by atoms with Crippen LogP contribution < -0.4 is 5.32 Å². The Morgan fingerprint density at radius 1 is 1.47 bits per heavy atom. The van der Waals surface area contributed by atoms with E-state index in [2.05, 4.69) is 45.1 Å². The predicted octanol–water partition coefficient (Wildman–Crippen LogP) is 1.96. The number of rotatable bonds is 8. The van der Waals surface area contributed by atoms with Crippen LogP contribution in [0.25, 0.3) is 0 Å². The van der Waals surface area contributed by atoms with Crippen molar-refractivity contribution >= 4 is 29.4 Å². The summed E-state index contributed by atoms with van der Waals surface area (Å²) in [5.74, 6) is 6.62. The highest BCUT2D eigenvalue weighted by Gasteiger charge is 2.24. The molecular formula is C12H24BNOS2. The first kappa shape index (κ1) is 17.2. The molecule has 1 N–H and O–H groups in total. The molecule has 0 amide bonds. The van der Waals surface area contributed by atoms with Gasteiger partial charge in [-0.05, 0) is 32.7 Å². The first-order chi connectivity index (χ1) is 8.04. The highest BCUT2D eigenvalue weighted by Crippen LogP contribution is 2.36. The van der Waals surface area contributed by atoms with Crippen LogP contribution in [0.15, 0.2) is 0 Å². The van der Waals surface area contributed by atoms with Crippen LogP contribution in [-0.2, 0) is 4.74 Å². The Kier molecular flexibility index (Phi) is 10.3. The molecule has 0 aliphatic carbocycles. The molecule has 0 bridgehead atoms. The molecular weight excluding hydrogens is 249 g/mol. The zero-order valence-electron chi connectivity index (χ0n) is 11.6. The van der Waals surface area contributed by atoms with E-state index in [4.69, 9.17) is 4.74 Å². The van der Waals surface area contributed by atoms with Crippen LogP contribution in [0, 0.1) is 17.8 Å². The van der Waals surface area contributed by atoms with Gasteiger partial charge in [-0.2, -0.15) is 0 Å². The number of hydrogen-bond acceptors (Lipinski definition) is 4. The number of ether oxygens (including phenoxy) is 1. The molecule has 2 nitrogen and oxygen atoms in total. The standard InChI is InChI=1S/C12H24BNOS2/c1-11(2)7-5-10-15-12(13,17-16-4)8-6-9-14-3/h11,14H,6,8-10,13H2,1-4H3. The minimum Gasteiger partial charge on any atom is -0.360 e. The van der Waals surface area contributed by atoms with Gasteiger partial charge in [0, 0.05) is 5.92 Å². The number of nitrogens with one attached hydrogen (secondary N) is 1. The second-order valence-corrected chi connectivity index (χ2v) is 7.22. The van der Waals surface area contributed by atoms with Gasteiger partial charge in [0.25, 0.3) is 0 Å². The van der Waals surface area contributed by atoms with E-state index in [1.165, 1.54) is 0 Å². The number of hydrogen-bond donors (Lipinski definition) is 1. The van der Waals surface area contributed by atoms with Crippen LogP contribution in [0.4, 0.5) is 0 Å². The molecule has 17 heavy (non-hydrogen) atoms. The van der Waals surface area contributed by atoms with Crippen LogP contribution >= 0.6 is 21.6 Å². The lowest BCUT2D eigenvalue weighted by molar-refractivity contribution is 0.104. The summed E-state index contributed by atoms with van der Waals surface area (Å²) < 4.78 is 5.91. The molecule has 0 radical (unpaired) electrons. The second-order valence-electron chi connectivity index (χ2n) is 4.36. The van der Waals surface area contributed by atoms with Crippen LogP contribution in [0.1, 0.15) is 26.7 Å². The Bertz CT molecular complexity index is 253. The van der Waals surface area contributed by atoms with Gasteiger partial charge >= 0.3 is 0 Å². The maximum atomic E-state index is 5.91. The second kappa shape index (κ2) is 10.2. The van der Waals surface area contributed by atoms with E-state index in [0.717, 1.165) is 19.4 Å². The maximum absolute atomic E-state index is 5.91. The van der Waals surface area contributed by atoms with E-state index in [1.54, 1.807) is 21.6 Å². The average molecular weight is 273 g/mol. The fourth-order valence-corrected chi connectivity index (χ4v) is 3.47. The summed E-state index contributed by atoms with van der Waals surface area (Å²) in [5.41, 5.74) is 0. The first-order valence-corrected chi connectivity index (χ1v) is 8.58. The fraction of sp³-hybridized carbons (Fsp3) is 0.833. The van der Waals surface area contributed by atoms with Crippen molar-refractivity contribution in [3.8, 4) is 11.8 Å². The van der Waals surface area contributed by atoms with Crippen LogP contribution in [0.3, 0.4) is 0 Å². The molecule has 1 unspecified atom stereocenters. The molecule has 0 aliphatic rings. The minimum absolute atomic E-state index is 0.123. The smallest absolute Gasteiger partial charge is 0.157 e. The van der Waals surface area contributed by atoms with Crippen molar-refractivity contribution in [2.75, 3.05) is 26.5 Å². The third-order valence-electron chi connectivity index (χ3n) is 2.16. The van der Waals surface area contributed by atoms with Crippen LogP contribution in [0.5, 0.6) is 0 Å². The lowest BCUT2D eigenvalue weighted by atomic mass is 9.94. The third kappa shape index (κ3) is 9.90. The lowest BCUT2D eigenvalue weighted by Crippen LogP contribution is -2.29. The summed E-state index contributed by atoms with van der Waals surface area (Å²) in [4.78, 5) is -0.123. The molecule has 0 rings (SSSR count). The molecule has 0 aromatic carbocycles. The Morgan fingerprint density at radius 2 is 2.18 bits per heavy atom. The highest BCUT2D eigenvalue weighted by molar-refractivity contribution is 8.77. The van der Waals surface area contributed by atoms with Gasteiger partial charge < -0.3 is 10.1 Å². The minimum atomic E-state index is -0.123. The topological polar surface area (TPSA) is 21.3 Å². The zero-order valence-corrected chi connectivity index (χ0v) is 13.3. The molecule has 0 heterocycles. The normalized spacial score (nSPS) is 14.2. The van der Waals surface area contributed by atoms with Gasteiger partial charge in [-0.3, -0.25) is 0 Å². The third-order valence-corrected chi connectivity index (χ3v) is 4.56. The van der Waals surface area contributed by atoms with Crippen molar-refractivity contribution in [1.29, 1.82) is 0 Å². The molecule has 0 aromatic rings. The van der Waals surface area contributed by atoms with Crippen molar-refractivity contribution in [3.05, 3.63) is 0 Å². The highest BCUT2D eigenvalue weighted by atomic mass is 33.1. The van der Waals surface area contributed by atoms with E-state index < -0.39 is 0 Å². The average Bonchev–Trinajstić information content (AvgIpc) is 2.25. The molecule has 0 fully saturated rings. The maximum Gasteiger partial charge on any atom is 0.157 e.